The maximum absolute atomic E-state index is 10.9. The van der Waals surface area contributed by atoms with Crippen molar-refractivity contribution in [2.75, 3.05) is 7.11 Å². The van der Waals surface area contributed by atoms with Crippen molar-refractivity contribution in [1.29, 1.82) is 0 Å². The lowest BCUT2D eigenvalue weighted by atomic mass is 10.1. The maximum Gasteiger partial charge on any atom is 0.161 e. The fourth-order valence-electron chi connectivity index (χ4n) is 2.57. The average Bonchev–Trinajstić information content (AvgIpc) is 3.01. The Morgan fingerprint density at radius 2 is 1.48 bits per heavy atom. The van der Waals surface area contributed by atoms with Crippen LogP contribution in [0, 0.1) is 0 Å². The molecule has 4 heteroatoms. The van der Waals surface area contributed by atoms with Gasteiger partial charge in [-0.3, -0.25) is 4.79 Å². The van der Waals surface area contributed by atoms with E-state index in [-0.39, 0.29) is 11.5 Å². The zero-order chi connectivity index (χ0) is 17.8. The lowest BCUT2D eigenvalue weighted by Crippen LogP contribution is -1.92. The van der Waals surface area contributed by atoms with Crippen LogP contribution in [0.15, 0.2) is 71.1 Å². The molecule has 0 radical (unpaired) electrons. The molecule has 0 aliphatic heterocycles. The Kier molecular flexibility index (Phi) is 4.70. The number of rotatable bonds is 2. The molecule has 0 bridgehead atoms. The van der Waals surface area contributed by atoms with Crippen molar-refractivity contribution in [3.8, 4) is 11.5 Å². The Morgan fingerprint density at radius 3 is 2.00 bits per heavy atom. The van der Waals surface area contributed by atoms with Crippen molar-refractivity contribution in [1.82, 2.24) is 0 Å². The number of fused-ring (bicyclic) bond motifs is 3. The molecule has 0 aliphatic carbocycles. The Hall–Kier alpha value is -3.27. The first kappa shape index (κ1) is 16.6. The molecule has 0 spiro atoms. The number of ketones is 1. The number of aromatic hydroxyl groups is 1. The smallest absolute Gasteiger partial charge is 0.161 e. The van der Waals surface area contributed by atoms with Gasteiger partial charge in [-0.15, -0.1) is 0 Å². The van der Waals surface area contributed by atoms with Gasteiger partial charge in [-0.1, -0.05) is 36.4 Å². The van der Waals surface area contributed by atoms with Crippen molar-refractivity contribution in [3.05, 3.63) is 72.3 Å². The standard InChI is InChI=1S/C12H8O.C9H10O3/c1-3-7-11-9(5-1)10-6-2-4-8-12(10)13-11;1-6(10)7-3-4-8(11)9(5-7)12-2/h1-8H;3-5,11H,1-2H3. The molecule has 0 aliphatic rings. The molecule has 0 fully saturated rings. The molecule has 4 aromatic rings. The lowest BCUT2D eigenvalue weighted by Gasteiger charge is -2.03. The highest BCUT2D eigenvalue weighted by Gasteiger charge is 2.05. The lowest BCUT2D eigenvalue weighted by molar-refractivity contribution is 0.101. The SMILES string of the molecule is COc1cc(C(C)=O)ccc1O.c1ccc2c(c1)oc1ccccc12. The number of Topliss-reactive ketones (excluding diaryl/α,β-unsaturated/α-hetero) is 1. The van der Waals surface area contributed by atoms with Gasteiger partial charge in [0, 0.05) is 16.3 Å². The van der Waals surface area contributed by atoms with Crippen molar-refractivity contribution in [2.45, 2.75) is 6.92 Å². The average molecular weight is 334 g/mol. The van der Waals surface area contributed by atoms with E-state index >= 15 is 0 Å². The highest BCUT2D eigenvalue weighted by Crippen LogP contribution is 2.27. The third-order valence-electron chi connectivity index (χ3n) is 3.87. The number of ether oxygens (including phenoxy) is 1. The van der Waals surface area contributed by atoms with E-state index in [1.54, 1.807) is 6.07 Å². The van der Waals surface area contributed by atoms with Crippen LogP contribution in [-0.4, -0.2) is 18.0 Å². The van der Waals surface area contributed by atoms with E-state index in [4.69, 9.17) is 9.15 Å². The topological polar surface area (TPSA) is 59.7 Å². The summed E-state index contributed by atoms with van der Waals surface area (Å²) in [6.07, 6.45) is 0. The first-order valence-corrected chi connectivity index (χ1v) is 7.84. The van der Waals surface area contributed by atoms with Crippen LogP contribution in [0.5, 0.6) is 11.5 Å². The third-order valence-corrected chi connectivity index (χ3v) is 3.87. The summed E-state index contributed by atoms with van der Waals surface area (Å²) in [7, 11) is 1.44. The van der Waals surface area contributed by atoms with Crippen LogP contribution in [0.2, 0.25) is 0 Å². The third kappa shape index (κ3) is 3.48. The second-order valence-corrected chi connectivity index (χ2v) is 5.54. The van der Waals surface area contributed by atoms with Crippen LogP contribution in [0.25, 0.3) is 21.9 Å². The number of phenolic OH excluding ortho intramolecular Hbond substituents is 1. The summed E-state index contributed by atoms with van der Waals surface area (Å²) < 4.78 is 10.5. The normalized spacial score (nSPS) is 10.3. The van der Waals surface area contributed by atoms with E-state index in [0.717, 1.165) is 11.2 Å². The fourth-order valence-corrected chi connectivity index (χ4v) is 2.57. The van der Waals surface area contributed by atoms with Crippen LogP contribution < -0.4 is 4.74 Å². The molecule has 4 nitrogen and oxygen atoms in total. The second-order valence-electron chi connectivity index (χ2n) is 5.54. The molecule has 0 amide bonds. The van der Waals surface area contributed by atoms with Crippen molar-refractivity contribution < 1.29 is 19.1 Å². The minimum absolute atomic E-state index is 0.0440. The Bertz CT molecular complexity index is 980. The van der Waals surface area contributed by atoms with Gasteiger partial charge in [-0.25, -0.2) is 0 Å². The van der Waals surface area contributed by atoms with Crippen molar-refractivity contribution in [3.63, 3.8) is 0 Å². The molecule has 0 atom stereocenters. The Labute approximate surface area is 145 Å². The van der Waals surface area contributed by atoms with Crippen LogP contribution in [0.3, 0.4) is 0 Å². The number of para-hydroxylation sites is 2. The number of carbonyl (C=O) groups excluding carboxylic acids is 1. The summed E-state index contributed by atoms with van der Waals surface area (Å²) in [6.45, 7) is 1.46. The first-order chi connectivity index (χ1) is 12.1. The van der Waals surface area contributed by atoms with Gasteiger partial charge in [-0.2, -0.15) is 0 Å². The summed E-state index contributed by atoms with van der Waals surface area (Å²) in [4.78, 5) is 10.9. The molecule has 126 valence electrons. The summed E-state index contributed by atoms with van der Waals surface area (Å²) in [5.74, 6) is 0.318. The molecule has 4 rings (SSSR count). The van der Waals surface area contributed by atoms with E-state index in [1.807, 2.05) is 36.4 Å². The van der Waals surface area contributed by atoms with Crippen molar-refractivity contribution >= 4 is 27.7 Å². The molecule has 0 saturated heterocycles. The van der Waals surface area contributed by atoms with Crippen LogP contribution in [0.4, 0.5) is 0 Å². The number of furan rings is 1. The second kappa shape index (κ2) is 7.09. The van der Waals surface area contributed by atoms with E-state index < -0.39 is 0 Å². The molecule has 1 N–H and O–H groups in total. The highest BCUT2D eigenvalue weighted by atomic mass is 16.5. The molecule has 0 unspecified atom stereocenters. The minimum Gasteiger partial charge on any atom is -0.504 e. The number of carbonyl (C=O) groups is 1. The van der Waals surface area contributed by atoms with Gasteiger partial charge in [0.05, 0.1) is 7.11 Å². The Balaban J connectivity index is 0.000000147. The van der Waals surface area contributed by atoms with Gasteiger partial charge in [0.1, 0.15) is 11.2 Å². The number of hydrogen-bond acceptors (Lipinski definition) is 4. The summed E-state index contributed by atoms with van der Waals surface area (Å²) in [5.41, 5.74) is 2.46. The van der Waals surface area contributed by atoms with Crippen LogP contribution in [0.1, 0.15) is 17.3 Å². The van der Waals surface area contributed by atoms with E-state index in [2.05, 4.69) is 12.1 Å². The van der Waals surface area contributed by atoms with E-state index in [1.165, 1.54) is 36.9 Å². The fraction of sp³-hybridized carbons (Fsp3) is 0.0952. The van der Waals surface area contributed by atoms with E-state index in [0.29, 0.717) is 11.3 Å². The zero-order valence-corrected chi connectivity index (χ0v) is 14.0. The summed E-state index contributed by atoms with van der Waals surface area (Å²) in [5, 5.41) is 11.6. The quantitative estimate of drug-likeness (QED) is 0.513. The molecular weight excluding hydrogens is 316 g/mol. The number of hydrogen-bond donors (Lipinski definition) is 1. The predicted octanol–water partition coefficient (Wildman–Crippen LogP) is 5.19. The highest BCUT2D eigenvalue weighted by molar-refractivity contribution is 6.04. The molecule has 1 heterocycles. The molecule has 3 aromatic carbocycles. The largest absolute Gasteiger partial charge is 0.504 e. The molecular formula is C21H18O4. The molecule has 0 saturated carbocycles. The zero-order valence-electron chi connectivity index (χ0n) is 14.0. The summed E-state index contributed by atoms with van der Waals surface area (Å²) in [6, 6.07) is 20.7. The molecule has 1 aromatic heterocycles. The summed E-state index contributed by atoms with van der Waals surface area (Å²) >= 11 is 0. The van der Waals surface area contributed by atoms with Crippen LogP contribution in [-0.2, 0) is 0 Å². The molecule has 25 heavy (non-hydrogen) atoms. The minimum atomic E-state index is -0.0479. The van der Waals surface area contributed by atoms with Crippen LogP contribution >= 0.6 is 0 Å². The van der Waals surface area contributed by atoms with Gasteiger partial charge in [0.25, 0.3) is 0 Å². The van der Waals surface area contributed by atoms with Gasteiger partial charge >= 0.3 is 0 Å². The van der Waals surface area contributed by atoms with E-state index in [9.17, 15) is 9.90 Å². The number of benzene rings is 3. The van der Waals surface area contributed by atoms with Gasteiger partial charge < -0.3 is 14.3 Å². The van der Waals surface area contributed by atoms with Gasteiger partial charge in [0.2, 0.25) is 0 Å². The first-order valence-electron chi connectivity index (χ1n) is 7.84. The van der Waals surface area contributed by atoms with Gasteiger partial charge in [0.15, 0.2) is 17.3 Å². The maximum atomic E-state index is 10.9. The predicted molar refractivity (Wildman–Crippen MR) is 98.4 cm³/mol. The number of phenols is 1. The number of methoxy groups -OCH3 is 1. The van der Waals surface area contributed by atoms with Gasteiger partial charge in [-0.05, 0) is 37.3 Å². The van der Waals surface area contributed by atoms with Crippen molar-refractivity contribution in [2.24, 2.45) is 0 Å². The monoisotopic (exact) mass is 334 g/mol. The Morgan fingerprint density at radius 1 is 0.920 bits per heavy atom.